The van der Waals surface area contributed by atoms with Gasteiger partial charge in [0.05, 0.1) is 6.42 Å². The number of benzene rings is 1. The van der Waals surface area contributed by atoms with Crippen LogP contribution in [0, 0.1) is 5.92 Å². The van der Waals surface area contributed by atoms with Crippen molar-refractivity contribution in [3.8, 4) is 0 Å². The van der Waals surface area contributed by atoms with Crippen LogP contribution in [0.15, 0.2) is 24.3 Å². The third kappa shape index (κ3) is 3.81. The first kappa shape index (κ1) is 15.0. The van der Waals surface area contributed by atoms with Crippen molar-refractivity contribution in [1.82, 2.24) is 4.90 Å². The zero-order valence-electron chi connectivity index (χ0n) is 12.1. The molecule has 110 valence electrons. The Bertz CT molecular complexity index is 462. The predicted octanol–water partition coefficient (Wildman–Crippen LogP) is 1.87. The summed E-state index contributed by atoms with van der Waals surface area (Å²) in [6.45, 7) is 4.81. The summed E-state index contributed by atoms with van der Waals surface area (Å²) in [5, 5.41) is 9.00. The second kappa shape index (κ2) is 6.86. The highest BCUT2D eigenvalue weighted by Gasteiger charge is 2.25. The molecule has 4 heteroatoms. The van der Waals surface area contributed by atoms with E-state index in [9.17, 15) is 4.79 Å². The second-order valence-corrected chi connectivity index (χ2v) is 5.80. The number of hydrogen-bond donors (Lipinski definition) is 2. The van der Waals surface area contributed by atoms with Crippen LogP contribution in [0.2, 0.25) is 0 Å². The number of carboxylic acid groups (broad SMARTS) is 1. The van der Waals surface area contributed by atoms with Crippen molar-refractivity contribution >= 4 is 5.97 Å². The number of carboxylic acids is 1. The third-order valence-corrected chi connectivity index (χ3v) is 4.28. The smallest absolute Gasteiger partial charge is 0.307 e. The molecule has 1 aromatic carbocycles. The second-order valence-electron chi connectivity index (χ2n) is 5.80. The van der Waals surface area contributed by atoms with Gasteiger partial charge < -0.3 is 10.8 Å². The van der Waals surface area contributed by atoms with Gasteiger partial charge in [-0.25, -0.2) is 0 Å². The topological polar surface area (TPSA) is 66.6 Å². The van der Waals surface area contributed by atoms with Crippen molar-refractivity contribution < 1.29 is 9.90 Å². The van der Waals surface area contributed by atoms with Crippen LogP contribution < -0.4 is 5.73 Å². The van der Waals surface area contributed by atoms with E-state index in [2.05, 4.69) is 11.8 Å². The molecule has 4 nitrogen and oxygen atoms in total. The molecule has 0 spiro atoms. The molecule has 20 heavy (non-hydrogen) atoms. The van der Waals surface area contributed by atoms with E-state index < -0.39 is 5.97 Å². The number of piperidine rings is 1. The van der Waals surface area contributed by atoms with Gasteiger partial charge in [-0.1, -0.05) is 24.3 Å². The van der Waals surface area contributed by atoms with Crippen LogP contribution in [0.1, 0.15) is 30.9 Å². The van der Waals surface area contributed by atoms with Crippen molar-refractivity contribution in [2.24, 2.45) is 11.7 Å². The van der Waals surface area contributed by atoms with Gasteiger partial charge in [0.2, 0.25) is 0 Å². The van der Waals surface area contributed by atoms with Crippen molar-refractivity contribution in [2.45, 2.75) is 38.8 Å². The molecule has 1 aliphatic rings. The largest absolute Gasteiger partial charge is 0.481 e. The highest BCUT2D eigenvalue weighted by molar-refractivity contribution is 5.70. The van der Waals surface area contributed by atoms with Crippen LogP contribution >= 0.6 is 0 Å². The van der Waals surface area contributed by atoms with E-state index in [-0.39, 0.29) is 6.42 Å². The lowest BCUT2D eigenvalue weighted by Crippen LogP contribution is -2.43. The number of likely N-dealkylation sites (tertiary alicyclic amines) is 1. The van der Waals surface area contributed by atoms with E-state index in [1.807, 2.05) is 24.3 Å². The Hall–Kier alpha value is -1.39. The van der Waals surface area contributed by atoms with Crippen molar-refractivity contribution in [2.75, 3.05) is 13.1 Å². The molecule has 1 fully saturated rings. The van der Waals surface area contributed by atoms with E-state index in [1.165, 1.54) is 12.8 Å². The number of nitrogens with zero attached hydrogens (tertiary/aromatic N) is 1. The van der Waals surface area contributed by atoms with Crippen molar-refractivity contribution in [3.63, 3.8) is 0 Å². The molecule has 1 aliphatic heterocycles. The average Bonchev–Trinajstić information content (AvgIpc) is 2.43. The van der Waals surface area contributed by atoms with Gasteiger partial charge in [0.25, 0.3) is 0 Å². The summed E-state index contributed by atoms with van der Waals surface area (Å²) < 4.78 is 0. The third-order valence-electron chi connectivity index (χ3n) is 4.28. The Morgan fingerprint density at radius 1 is 1.35 bits per heavy atom. The van der Waals surface area contributed by atoms with Crippen LogP contribution in [0.4, 0.5) is 0 Å². The van der Waals surface area contributed by atoms with Gasteiger partial charge in [0, 0.05) is 19.1 Å². The predicted molar refractivity (Wildman–Crippen MR) is 79.4 cm³/mol. The molecule has 0 bridgehead atoms. The Kier molecular flexibility index (Phi) is 5.15. The number of nitrogens with two attached hydrogens (primary N) is 1. The summed E-state index contributed by atoms with van der Waals surface area (Å²) in [5.74, 6) is -0.207. The maximum atomic E-state index is 10.9. The van der Waals surface area contributed by atoms with Crippen LogP contribution in [0.25, 0.3) is 0 Å². The van der Waals surface area contributed by atoms with Crippen molar-refractivity contribution in [3.05, 3.63) is 35.4 Å². The molecule has 3 N–H and O–H groups in total. The first-order valence-corrected chi connectivity index (χ1v) is 7.32. The number of rotatable bonds is 5. The molecule has 0 aliphatic carbocycles. The first-order chi connectivity index (χ1) is 9.60. The van der Waals surface area contributed by atoms with Gasteiger partial charge in [0.15, 0.2) is 0 Å². The fourth-order valence-corrected chi connectivity index (χ4v) is 2.94. The number of hydrogen-bond acceptors (Lipinski definition) is 3. The Labute approximate surface area is 120 Å². The Morgan fingerprint density at radius 2 is 2.05 bits per heavy atom. The molecular formula is C16H24N2O2. The molecule has 0 aromatic heterocycles. The van der Waals surface area contributed by atoms with Crippen molar-refractivity contribution in [1.29, 1.82) is 0 Å². The minimum absolute atomic E-state index is 0.0959. The lowest BCUT2D eigenvalue weighted by Gasteiger charge is -2.38. The summed E-state index contributed by atoms with van der Waals surface area (Å²) in [6, 6.07) is 8.38. The van der Waals surface area contributed by atoms with Gasteiger partial charge in [-0.15, -0.1) is 0 Å². The zero-order chi connectivity index (χ0) is 14.5. The van der Waals surface area contributed by atoms with E-state index in [0.29, 0.717) is 12.0 Å². The highest BCUT2D eigenvalue weighted by Crippen LogP contribution is 2.24. The van der Waals surface area contributed by atoms with Gasteiger partial charge in [-0.3, -0.25) is 9.69 Å². The lowest BCUT2D eigenvalue weighted by molar-refractivity contribution is -0.136. The Balaban J connectivity index is 2.10. The average molecular weight is 276 g/mol. The standard InChI is InChI=1S/C16H24N2O2/c1-12-6-7-13(9-17)10-18(12)11-15-5-3-2-4-14(15)8-16(19)20/h2-5,12-13H,6-11,17H2,1H3,(H,19,20). The number of aliphatic carboxylic acids is 1. The van der Waals surface area contributed by atoms with Gasteiger partial charge >= 0.3 is 5.97 Å². The molecular weight excluding hydrogens is 252 g/mol. The SMILES string of the molecule is CC1CCC(CN)CN1Cc1ccccc1CC(=O)O. The zero-order valence-corrected chi connectivity index (χ0v) is 12.1. The summed E-state index contributed by atoms with van der Waals surface area (Å²) >= 11 is 0. The minimum Gasteiger partial charge on any atom is -0.481 e. The molecule has 1 aromatic rings. The molecule has 0 saturated carbocycles. The van der Waals surface area contributed by atoms with E-state index in [1.54, 1.807) is 0 Å². The summed E-state index contributed by atoms with van der Waals surface area (Å²) in [7, 11) is 0. The maximum Gasteiger partial charge on any atom is 0.307 e. The van der Waals surface area contributed by atoms with Crippen LogP contribution in [0.3, 0.4) is 0 Å². The van der Waals surface area contributed by atoms with E-state index in [0.717, 1.165) is 30.8 Å². The fourth-order valence-electron chi connectivity index (χ4n) is 2.94. The highest BCUT2D eigenvalue weighted by atomic mass is 16.4. The lowest BCUT2D eigenvalue weighted by atomic mass is 9.92. The molecule has 2 rings (SSSR count). The quantitative estimate of drug-likeness (QED) is 0.861. The molecule has 0 radical (unpaired) electrons. The summed E-state index contributed by atoms with van der Waals surface area (Å²) in [5.41, 5.74) is 7.84. The van der Waals surface area contributed by atoms with Crippen LogP contribution in [-0.4, -0.2) is 35.1 Å². The Morgan fingerprint density at radius 3 is 2.70 bits per heavy atom. The van der Waals surface area contributed by atoms with Gasteiger partial charge in [-0.2, -0.15) is 0 Å². The number of carbonyl (C=O) groups is 1. The molecule has 1 saturated heterocycles. The summed E-state index contributed by atoms with van der Waals surface area (Å²) in [6.07, 6.45) is 2.46. The van der Waals surface area contributed by atoms with Crippen LogP contribution in [-0.2, 0) is 17.8 Å². The van der Waals surface area contributed by atoms with Gasteiger partial charge in [0.1, 0.15) is 0 Å². The fraction of sp³-hybridized carbons (Fsp3) is 0.562. The normalized spacial score (nSPS) is 23.7. The monoisotopic (exact) mass is 276 g/mol. The van der Waals surface area contributed by atoms with E-state index in [4.69, 9.17) is 10.8 Å². The molecule has 2 unspecified atom stereocenters. The minimum atomic E-state index is -0.774. The molecule has 1 heterocycles. The maximum absolute atomic E-state index is 10.9. The van der Waals surface area contributed by atoms with Crippen LogP contribution in [0.5, 0.6) is 0 Å². The molecule has 2 atom stereocenters. The van der Waals surface area contributed by atoms with E-state index >= 15 is 0 Å². The molecule has 0 amide bonds. The van der Waals surface area contributed by atoms with Gasteiger partial charge in [-0.05, 0) is 43.4 Å². The summed E-state index contributed by atoms with van der Waals surface area (Å²) in [4.78, 5) is 13.4. The first-order valence-electron chi connectivity index (χ1n) is 7.32.